The van der Waals surface area contributed by atoms with Crippen LogP contribution in [0.5, 0.6) is 0 Å². The number of furan rings is 1. The smallest absolute Gasteiger partial charge is 0.191 e. The SMILES string of the molecule is CCNC(=NCc1ccc(N2CCOCC2)cc1)NCC(C)(O)c1ccco1. The van der Waals surface area contributed by atoms with Gasteiger partial charge >= 0.3 is 0 Å². The summed E-state index contributed by atoms with van der Waals surface area (Å²) >= 11 is 0. The lowest BCUT2D eigenvalue weighted by atomic mass is 10.0. The molecule has 1 unspecified atom stereocenters. The van der Waals surface area contributed by atoms with Gasteiger partial charge in [0.05, 0.1) is 32.6 Å². The van der Waals surface area contributed by atoms with Crippen LogP contribution in [0.25, 0.3) is 0 Å². The molecule has 0 radical (unpaired) electrons. The summed E-state index contributed by atoms with van der Waals surface area (Å²) in [6.45, 7) is 8.75. The van der Waals surface area contributed by atoms with Crippen LogP contribution in [-0.4, -0.2) is 50.5 Å². The van der Waals surface area contributed by atoms with Crippen molar-refractivity contribution < 1.29 is 14.3 Å². The Bertz CT molecular complexity index is 736. The molecule has 3 N–H and O–H groups in total. The van der Waals surface area contributed by atoms with Crippen molar-refractivity contribution in [2.75, 3.05) is 44.3 Å². The molecule has 1 aromatic carbocycles. The van der Waals surface area contributed by atoms with Crippen molar-refractivity contribution >= 4 is 11.6 Å². The van der Waals surface area contributed by atoms with Gasteiger partial charge in [0.1, 0.15) is 11.4 Å². The summed E-state index contributed by atoms with van der Waals surface area (Å²) in [4.78, 5) is 6.96. The molecule has 1 aromatic heterocycles. The lowest BCUT2D eigenvalue weighted by molar-refractivity contribution is 0.0386. The molecular formula is C21H30N4O3. The number of guanidine groups is 1. The largest absolute Gasteiger partial charge is 0.466 e. The molecule has 0 bridgehead atoms. The Morgan fingerprint density at radius 1 is 1.18 bits per heavy atom. The molecule has 1 aliphatic rings. The summed E-state index contributed by atoms with van der Waals surface area (Å²) in [7, 11) is 0. The number of aliphatic hydroxyl groups is 1. The Morgan fingerprint density at radius 3 is 2.57 bits per heavy atom. The fourth-order valence-electron chi connectivity index (χ4n) is 3.07. The van der Waals surface area contributed by atoms with Crippen LogP contribution in [0.3, 0.4) is 0 Å². The molecule has 7 nitrogen and oxygen atoms in total. The third-order valence-corrected chi connectivity index (χ3v) is 4.73. The van der Waals surface area contributed by atoms with Crippen molar-refractivity contribution in [1.82, 2.24) is 10.6 Å². The number of benzene rings is 1. The van der Waals surface area contributed by atoms with Crippen LogP contribution in [0.2, 0.25) is 0 Å². The maximum absolute atomic E-state index is 10.6. The highest BCUT2D eigenvalue weighted by Crippen LogP contribution is 2.20. The zero-order valence-electron chi connectivity index (χ0n) is 16.6. The van der Waals surface area contributed by atoms with E-state index in [-0.39, 0.29) is 0 Å². The van der Waals surface area contributed by atoms with Crippen LogP contribution < -0.4 is 15.5 Å². The van der Waals surface area contributed by atoms with Gasteiger partial charge in [0.25, 0.3) is 0 Å². The highest BCUT2D eigenvalue weighted by molar-refractivity contribution is 5.79. The van der Waals surface area contributed by atoms with Gasteiger partial charge in [0.15, 0.2) is 5.96 Å². The fourth-order valence-corrected chi connectivity index (χ4v) is 3.07. The van der Waals surface area contributed by atoms with Gasteiger partial charge in [0, 0.05) is 25.3 Å². The standard InChI is InChI=1S/C21H30N4O3/c1-3-22-20(24-16-21(2,26)19-5-4-12-28-19)23-15-17-6-8-18(9-7-17)25-10-13-27-14-11-25/h4-9,12,26H,3,10-11,13-16H2,1-2H3,(H2,22,23,24). The molecule has 3 rings (SSSR count). The molecule has 0 aliphatic carbocycles. The number of anilines is 1. The number of ether oxygens (including phenoxy) is 1. The van der Waals surface area contributed by atoms with E-state index in [0.717, 1.165) is 38.4 Å². The predicted molar refractivity (Wildman–Crippen MR) is 111 cm³/mol. The molecule has 1 aliphatic heterocycles. The summed E-state index contributed by atoms with van der Waals surface area (Å²) in [5, 5.41) is 17.0. The third kappa shape index (κ3) is 5.50. The van der Waals surface area contributed by atoms with E-state index >= 15 is 0 Å². The summed E-state index contributed by atoms with van der Waals surface area (Å²) in [5.41, 5.74) is 1.24. The van der Waals surface area contributed by atoms with Gasteiger partial charge in [-0.1, -0.05) is 12.1 Å². The monoisotopic (exact) mass is 386 g/mol. The maximum Gasteiger partial charge on any atom is 0.191 e. The van der Waals surface area contributed by atoms with Gasteiger partial charge in [0.2, 0.25) is 0 Å². The van der Waals surface area contributed by atoms with E-state index in [1.165, 1.54) is 5.69 Å². The van der Waals surface area contributed by atoms with Crippen LogP contribution >= 0.6 is 0 Å². The maximum atomic E-state index is 10.6. The van der Waals surface area contributed by atoms with Crippen molar-refractivity contribution in [3.8, 4) is 0 Å². The van der Waals surface area contributed by atoms with Crippen molar-refractivity contribution in [1.29, 1.82) is 0 Å². The van der Waals surface area contributed by atoms with Gasteiger partial charge < -0.3 is 29.8 Å². The fraction of sp³-hybridized carbons (Fsp3) is 0.476. The van der Waals surface area contributed by atoms with Crippen LogP contribution in [0.15, 0.2) is 52.1 Å². The molecule has 2 aromatic rings. The number of hydrogen-bond donors (Lipinski definition) is 3. The normalized spacial score (nSPS) is 17.2. The molecular weight excluding hydrogens is 356 g/mol. The predicted octanol–water partition coefficient (Wildman–Crippen LogP) is 2.08. The quantitative estimate of drug-likeness (QED) is 0.499. The van der Waals surface area contributed by atoms with Crippen LogP contribution in [-0.2, 0) is 16.9 Å². The van der Waals surface area contributed by atoms with Gasteiger partial charge in [-0.15, -0.1) is 0 Å². The highest BCUT2D eigenvalue weighted by atomic mass is 16.5. The minimum Gasteiger partial charge on any atom is -0.466 e. The molecule has 152 valence electrons. The highest BCUT2D eigenvalue weighted by Gasteiger charge is 2.26. The zero-order valence-corrected chi connectivity index (χ0v) is 16.6. The Balaban J connectivity index is 1.57. The molecule has 28 heavy (non-hydrogen) atoms. The average molecular weight is 386 g/mol. The number of nitrogens with one attached hydrogen (secondary N) is 2. The number of aliphatic imine (C=N–C) groups is 1. The summed E-state index contributed by atoms with van der Waals surface area (Å²) in [6, 6.07) is 12.0. The number of rotatable bonds is 7. The van der Waals surface area contributed by atoms with Crippen molar-refractivity contribution in [2.45, 2.75) is 26.0 Å². The van der Waals surface area contributed by atoms with E-state index in [1.54, 1.807) is 25.3 Å². The zero-order chi connectivity index (χ0) is 19.8. The third-order valence-electron chi connectivity index (χ3n) is 4.73. The van der Waals surface area contributed by atoms with E-state index in [1.807, 2.05) is 6.92 Å². The van der Waals surface area contributed by atoms with E-state index in [2.05, 4.69) is 44.8 Å². The lowest BCUT2D eigenvalue weighted by Gasteiger charge is -2.28. The molecule has 2 heterocycles. The van der Waals surface area contributed by atoms with E-state index in [4.69, 9.17) is 9.15 Å². The summed E-state index contributed by atoms with van der Waals surface area (Å²) in [6.07, 6.45) is 1.56. The van der Waals surface area contributed by atoms with Crippen molar-refractivity contribution in [3.05, 3.63) is 54.0 Å². The van der Waals surface area contributed by atoms with Crippen LogP contribution in [0.4, 0.5) is 5.69 Å². The molecule has 0 spiro atoms. The van der Waals surface area contributed by atoms with E-state index < -0.39 is 5.60 Å². The molecule has 7 heteroatoms. The Kier molecular flexibility index (Phi) is 6.95. The topological polar surface area (TPSA) is 82.3 Å². The van der Waals surface area contributed by atoms with Crippen LogP contribution in [0.1, 0.15) is 25.2 Å². The van der Waals surface area contributed by atoms with Crippen molar-refractivity contribution in [3.63, 3.8) is 0 Å². The Hall–Kier alpha value is -2.51. The van der Waals surface area contributed by atoms with Gasteiger partial charge in [-0.3, -0.25) is 0 Å². The molecule has 1 atom stereocenters. The molecule has 0 saturated carbocycles. The Labute approximate surface area is 166 Å². The van der Waals surface area contributed by atoms with Gasteiger partial charge in [-0.25, -0.2) is 4.99 Å². The first kappa shape index (κ1) is 20.2. The average Bonchev–Trinajstić information content (AvgIpc) is 3.27. The Morgan fingerprint density at radius 2 is 1.93 bits per heavy atom. The lowest BCUT2D eigenvalue weighted by Crippen LogP contribution is -2.44. The summed E-state index contributed by atoms with van der Waals surface area (Å²) < 4.78 is 10.7. The first-order valence-corrected chi connectivity index (χ1v) is 9.78. The van der Waals surface area contributed by atoms with Gasteiger partial charge in [-0.2, -0.15) is 0 Å². The minimum absolute atomic E-state index is 0.294. The second-order valence-corrected chi connectivity index (χ2v) is 7.07. The molecule has 0 amide bonds. The van der Waals surface area contributed by atoms with E-state index in [9.17, 15) is 5.11 Å². The number of morpholine rings is 1. The summed E-state index contributed by atoms with van der Waals surface area (Å²) in [5.74, 6) is 1.18. The number of hydrogen-bond acceptors (Lipinski definition) is 5. The first-order chi connectivity index (χ1) is 13.6. The second-order valence-electron chi connectivity index (χ2n) is 7.07. The molecule has 1 fully saturated rings. The van der Waals surface area contributed by atoms with E-state index in [0.29, 0.717) is 24.8 Å². The van der Waals surface area contributed by atoms with Crippen LogP contribution in [0, 0.1) is 0 Å². The van der Waals surface area contributed by atoms with Crippen molar-refractivity contribution in [2.24, 2.45) is 4.99 Å². The molecule has 1 saturated heterocycles. The van der Waals surface area contributed by atoms with Gasteiger partial charge in [-0.05, 0) is 43.7 Å². The minimum atomic E-state index is -1.11. The number of nitrogens with zero attached hydrogens (tertiary/aromatic N) is 2. The first-order valence-electron chi connectivity index (χ1n) is 9.78. The second kappa shape index (κ2) is 9.61.